The molecule has 0 atom stereocenters. The van der Waals surface area contributed by atoms with Crippen molar-refractivity contribution in [2.24, 2.45) is 5.10 Å². The van der Waals surface area contributed by atoms with Gasteiger partial charge in [-0.05, 0) is 35.9 Å². The Labute approximate surface area is 199 Å². The van der Waals surface area contributed by atoms with Crippen LogP contribution in [0.4, 0.5) is 0 Å². The largest absolute Gasteiger partial charge is 0.484 e. The third kappa shape index (κ3) is 6.00. The quantitative estimate of drug-likeness (QED) is 0.282. The van der Waals surface area contributed by atoms with Gasteiger partial charge < -0.3 is 13.9 Å². The molecule has 3 aromatic rings. The molecule has 1 fully saturated rings. The average molecular weight is 483 g/mol. The van der Waals surface area contributed by atoms with Gasteiger partial charge in [0, 0.05) is 17.1 Å². The molecule has 0 saturated carbocycles. The third-order valence-corrected chi connectivity index (χ3v) is 7.85. The zero-order chi connectivity index (χ0) is 23.0. The van der Waals surface area contributed by atoms with Crippen molar-refractivity contribution >= 4 is 41.6 Å². The van der Waals surface area contributed by atoms with Crippen molar-refractivity contribution in [3.63, 3.8) is 0 Å². The van der Waals surface area contributed by atoms with E-state index < -0.39 is 5.97 Å². The molecule has 0 radical (unpaired) electrons. The van der Waals surface area contributed by atoms with Crippen LogP contribution in [0, 0.1) is 0 Å². The van der Waals surface area contributed by atoms with Gasteiger partial charge in [-0.1, -0.05) is 30.3 Å². The predicted molar refractivity (Wildman–Crippen MR) is 131 cm³/mol. The Morgan fingerprint density at radius 3 is 2.61 bits per heavy atom. The summed E-state index contributed by atoms with van der Waals surface area (Å²) in [4.78, 5) is 24.0. The Kier molecular flexibility index (Phi) is 7.74. The summed E-state index contributed by atoms with van der Waals surface area (Å²) in [5, 5.41) is 3.91. The van der Waals surface area contributed by atoms with Crippen LogP contribution in [0.1, 0.15) is 26.3 Å². The minimum Gasteiger partial charge on any atom is -0.484 e. The molecule has 7 nitrogen and oxygen atoms in total. The maximum atomic E-state index is 12.0. The van der Waals surface area contributed by atoms with E-state index in [1.54, 1.807) is 36.4 Å². The molecule has 1 aliphatic heterocycles. The fourth-order valence-corrected chi connectivity index (χ4v) is 6.03. The molecule has 0 bridgehead atoms. The molecule has 1 aliphatic rings. The number of amides is 1. The van der Waals surface area contributed by atoms with Crippen LogP contribution >= 0.6 is 23.5 Å². The van der Waals surface area contributed by atoms with E-state index in [0.29, 0.717) is 33.0 Å². The highest BCUT2D eigenvalue weighted by Crippen LogP contribution is 2.45. The number of carbonyl (C=O) groups excluding carboxylic acids is 2. The lowest BCUT2D eigenvalue weighted by Crippen LogP contribution is -2.24. The fourth-order valence-electron chi connectivity index (χ4n) is 3.17. The van der Waals surface area contributed by atoms with E-state index in [-0.39, 0.29) is 12.5 Å². The van der Waals surface area contributed by atoms with Crippen molar-refractivity contribution in [1.29, 1.82) is 0 Å². The summed E-state index contributed by atoms with van der Waals surface area (Å²) in [5.41, 5.74) is 4.68. The molecule has 1 amide bonds. The number of hydrogen-bond donors (Lipinski definition) is 1. The van der Waals surface area contributed by atoms with Crippen LogP contribution < -0.4 is 10.2 Å². The Bertz CT molecular complexity index is 1140. The van der Waals surface area contributed by atoms with Gasteiger partial charge >= 0.3 is 5.97 Å². The molecule has 0 spiro atoms. The van der Waals surface area contributed by atoms with E-state index in [2.05, 4.69) is 10.5 Å². The average Bonchev–Trinajstić information content (AvgIpc) is 3.55. The minimum atomic E-state index is -0.449. The standard InChI is InChI=1S/C24H22N2O5S2/c1-29-23(28)20-5-3-2-4-19(20)21-11-10-18(31-21)14-25-26-22(27)15-30-17-8-6-16(7-9-17)24-32-12-13-33-24/h2-11,14,24H,12-13,15H2,1H3,(H,26,27)/b25-14-. The summed E-state index contributed by atoms with van der Waals surface area (Å²) < 4.78 is 16.5. The lowest BCUT2D eigenvalue weighted by atomic mass is 10.1. The SMILES string of the molecule is COC(=O)c1ccccc1-c1ccc(/C=N\NC(=O)COc2ccc(C3SCCS3)cc2)o1. The molecule has 0 aliphatic carbocycles. The second-order valence-corrected chi connectivity index (χ2v) is 9.69. The molecule has 2 aromatic carbocycles. The topological polar surface area (TPSA) is 90.1 Å². The van der Waals surface area contributed by atoms with Crippen LogP contribution in [0.25, 0.3) is 11.3 Å². The minimum absolute atomic E-state index is 0.153. The number of rotatable bonds is 8. The molecule has 1 saturated heterocycles. The second-order valence-electron chi connectivity index (χ2n) is 6.96. The number of hydrogen-bond acceptors (Lipinski definition) is 8. The second kappa shape index (κ2) is 11.1. The predicted octanol–water partition coefficient (Wildman–Crippen LogP) is 4.74. The molecule has 9 heteroatoms. The highest BCUT2D eigenvalue weighted by Gasteiger charge is 2.18. The summed E-state index contributed by atoms with van der Waals surface area (Å²) in [7, 11) is 1.33. The van der Waals surface area contributed by atoms with Gasteiger partial charge in [-0.3, -0.25) is 4.79 Å². The molecule has 0 unspecified atom stereocenters. The Hall–Kier alpha value is -3.17. The van der Waals surface area contributed by atoms with E-state index >= 15 is 0 Å². The van der Waals surface area contributed by atoms with Gasteiger partial charge in [0.15, 0.2) is 6.61 Å². The zero-order valence-electron chi connectivity index (χ0n) is 17.9. The summed E-state index contributed by atoms with van der Waals surface area (Å²) in [6.45, 7) is -0.153. The molecule has 4 rings (SSSR count). The van der Waals surface area contributed by atoms with E-state index in [0.717, 1.165) is 0 Å². The van der Waals surface area contributed by atoms with Gasteiger partial charge in [0.25, 0.3) is 5.91 Å². The fraction of sp³-hybridized carbons (Fsp3) is 0.208. The molecule has 2 heterocycles. The monoisotopic (exact) mass is 482 g/mol. The van der Waals surface area contributed by atoms with Crippen LogP contribution in [0.5, 0.6) is 5.75 Å². The number of methoxy groups -OCH3 is 1. The summed E-state index contributed by atoms with van der Waals surface area (Å²) in [5.74, 6) is 3.05. The van der Waals surface area contributed by atoms with Crippen LogP contribution in [0.2, 0.25) is 0 Å². The number of nitrogens with one attached hydrogen (secondary N) is 1. The van der Waals surface area contributed by atoms with Crippen molar-refractivity contribution in [3.8, 4) is 17.1 Å². The first kappa shape index (κ1) is 23.0. The number of thioether (sulfide) groups is 2. The number of nitrogens with zero attached hydrogens (tertiary/aromatic N) is 1. The van der Waals surface area contributed by atoms with E-state index in [1.807, 2.05) is 47.8 Å². The van der Waals surface area contributed by atoms with Crippen molar-refractivity contribution < 1.29 is 23.5 Å². The first-order valence-corrected chi connectivity index (χ1v) is 12.3. The van der Waals surface area contributed by atoms with Crippen molar-refractivity contribution in [3.05, 3.63) is 77.6 Å². The van der Waals surface area contributed by atoms with Crippen molar-refractivity contribution in [1.82, 2.24) is 5.43 Å². The summed E-state index contributed by atoms with van der Waals surface area (Å²) in [6.07, 6.45) is 1.38. The maximum absolute atomic E-state index is 12.0. The molecule has 170 valence electrons. The molecule has 33 heavy (non-hydrogen) atoms. The highest BCUT2D eigenvalue weighted by molar-refractivity contribution is 8.19. The van der Waals surface area contributed by atoms with Gasteiger partial charge in [-0.15, -0.1) is 23.5 Å². The van der Waals surface area contributed by atoms with Gasteiger partial charge in [0.05, 0.1) is 23.5 Å². The Balaban J connectivity index is 1.28. The molecule has 1 N–H and O–H groups in total. The first-order valence-electron chi connectivity index (χ1n) is 10.2. The Morgan fingerprint density at radius 1 is 1.09 bits per heavy atom. The lowest BCUT2D eigenvalue weighted by molar-refractivity contribution is -0.123. The number of furan rings is 1. The highest BCUT2D eigenvalue weighted by atomic mass is 32.2. The number of hydrazone groups is 1. The van der Waals surface area contributed by atoms with E-state index in [4.69, 9.17) is 13.9 Å². The molecular weight excluding hydrogens is 460 g/mol. The summed E-state index contributed by atoms with van der Waals surface area (Å²) in [6, 6.07) is 18.2. The third-order valence-electron chi connectivity index (χ3n) is 4.75. The summed E-state index contributed by atoms with van der Waals surface area (Å²) >= 11 is 3.89. The van der Waals surface area contributed by atoms with Crippen LogP contribution in [0.3, 0.4) is 0 Å². The van der Waals surface area contributed by atoms with Crippen molar-refractivity contribution in [2.75, 3.05) is 25.2 Å². The number of carbonyl (C=O) groups is 2. The van der Waals surface area contributed by atoms with Crippen LogP contribution in [-0.4, -0.2) is 43.3 Å². The van der Waals surface area contributed by atoms with E-state index in [9.17, 15) is 9.59 Å². The normalized spacial score (nSPS) is 13.8. The maximum Gasteiger partial charge on any atom is 0.338 e. The van der Waals surface area contributed by atoms with Gasteiger partial charge in [-0.2, -0.15) is 5.10 Å². The lowest BCUT2D eigenvalue weighted by Gasteiger charge is -2.09. The molecule has 1 aromatic heterocycles. The smallest absolute Gasteiger partial charge is 0.338 e. The van der Waals surface area contributed by atoms with Crippen molar-refractivity contribution in [2.45, 2.75) is 4.58 Å². The van der Waals surface area contributed by atoms with Crippen LogP contribution in [-0.2, 0) is 9.53 Å². The zero-order valence-corrected chi connectivity index (χ0v) is 19.5. The van der Waals surface area contributed by atoms with Gasteiger partial charge in [0.1, 0.15) is 17.3 Å². The van der Waals surface area contributed by atoms with Gasteiger partial charge in [0.2, 0.25) is 0 Å². The number of benzene rings is 2. The number of esters is 1. The number of ether oxygens (including phenoxy) is 2. The van der Waals surface area contributed by atoms with E-state index in [1.165, 1.54) is 30.4 Å². The first-order chi connectivity index (χ1) is 16.1. The van der Waals surface area contributed by atoms with Crippen LogP contribution in [0.15, 0.2) is 70.2 Å². The van der Waals surface area contributed by atoms with Gasteiger partial charge in [-0.25, -0.2) is 10.2 Å². The molecular formula is C24H22N2O5S2. The Morgan fingerprint density at radius 2 is 1.85 bits per heavy atom.